The van der Waals surface area contributed by atoms with Crippen LogP contribution in [0.5, 0.6) is 0 Å². The first-order chi connectivity index (χ1) is 7.02. The smallest absolute Gasteiger partial charge is 0.262 e. The van der Waals surface area contributed by atoms with Gasteiger partial charge >= 0.3 is 0 Å². The maximum Gasteiger partial charge on any atom is 0.262 e. The highest BCUT2D eigenvalue weighted by atomic mass is 79.9. The van der Waals surface area contributed by atoms with Crippen LogP contribution in [0.25, 0.3) is 0 Å². The lowest BCUT2D eigenvalue weighted by atomic mass is 10.3. The van der Waals surface area contributed by atoms with Crippen molar-refractivity contribution in [3.8, 4) is 0 Å². The molecule has 2 nitrogen and oxygen atoms in total. The molecule has 1 aromatic heterocycles. The lowest BCUT2D eigenvalue weighted by molar-refractivity contribution is 0.0957. The number of amides is 1. The molecule has 0 aliphatic heterocycles. The summed E-state index contributed by atoms with van der Waals surface area (Å²) in [4.78, 5) is 12.7. The largest absolute Gasteiger partial charge is 0.351 e. The topological polar surface area (TPSA) is 29.1 Å². The Morgan fingerprint density at radius 2 is 2.40 bits per heavy atom. The van der Waals surface area contributed by atoms with E-state index in [1.807, 2.05) is 12.3 Å². The minimum Gasteiger partial charge on any atom is -0.351 e. The van der Waals surface area contributed by atoms with Crippen LogP contribution >= 0.6 is 38.9 Å². The number of hydrogen-bond acceptors (Lipinski definition) is 2. The van der Waals surface area contributed by atoms with E-state index in [1.165, 1.54) is 11.3 Å². The van der Waals surface area contributed by atoms with E-state index in [-0.39, 0.29) is 5.91 Å². The van der Waals surface area contributed by atoms with Gasteiger partial charge in [-0.2, -0.15) is 0 Å². The van der Waals surface area contributed by atoms with Gasteiger partial charge in [-0.3, -0.25) is 4.79 Å². The maximum absolute atomic E-state index is 11.7. The molecule has 0 fully saturated rings. The number of halogens is 2. The molecule has 1 unspecified atom stereocenters. The summed E-state index contributed by atoms with van der Waals surface area (Å²) in [5, 5.41) is 5.31. The first kappa shape index (κ1) is 13.0. The van der Waals surface area contributed by atoms with Gasteiger partial charge in [-0.15, -0.1) is 11.3 Å². The maximum atomic E-state index is 11.7. The highest BCUT2D eigenvalue weighted by Crippen LogP contribution is 2.26. The average Bonchev–Trinajstić information content (AvgIpc) is 2.47. The van der Waals surface area contributed by atoms with Crippen LogP contribution in [0.15, 0.2) is 5.38 Å². The summed E-state index contributed by atoms with van der Waals surface area (Å²) in [5.74, 6) is -0.0775. The Labute approximate surface area is 107 Å². The van der Waals surface area contributed by atoms with Crippen LogP contribution in [-0.4, -0.2) is 17.3 Å². The molecule has 0 saturated heterocycles. The molecule has 0 radical (unpaired) electrons. The Morgan fingerprint density at radius 1 is 1.73 bits per heavy atom. The zero-order valence-electron chi connectivity index (χ0n) is 8.64. The van der Waals surface area contributed by atoms with Crippen molar-refractivity contribution in [3.05, 3.63) is 20.8 Å². The standard InChI is InChI=1S/C10H13BrClNOS/c1-6-5-15-9(8(6)12)10(14)13-4-3-7(2)11/h5,7H,3-4H2,1-2H3,(H,13,14). The van der Waals surface area contributed by atoms with Gasteiger partial charge in [-0.1, -0.05) is 34.5 Å². The Balaban J connectivity index is 2.51. The third-order valence-corrected chi connectivity index (χ3v) is 4.09. The van der Waals surface area contributed by atoms with Gasteiger partial charge in [0, 0.05) is 11.4 Å². The molecule has 1 amide bonds. The lowest BCUT2D eigenvalue weighted by Gasteiger charge is -2.05. The molecule has 1 heterocycles. The summed E-state index contributed by atoms with van der Waals surface area (Å²) in [6, 6.07) is 0. The summed E-state index contributed by atoms with van der Waals surface area (Å²) in [7, 11) is 0. The molecule has 15 heavy (non-hydrogen) atoms. The molecule has 0 bridgehead atoms. The molecule has 0 aliphatic rings. The van der Waals surface area contributed by atoms with Crippen molar-refractivity contribution in [2.75, 3.05) is 6.54 Å². The number of nitrogens with one attached hydrogen (secondary N) is 1. The summed E-state index contributed by atoms with van der Waals surface area (Å²) in [6.07, 6.45) is 0.910. The fraction of sp³-hybridized carbons (Fsp3) is 0.500. The van der Waals surface area contributed by atoms with Gasteiger partial charge < -0.3 is 5.32 Å². The number of aryl methyl sites for hydroxylation is 1. The van der Waals surface area contributed by atoms with E-state index in [9.17, 15) is 4.79 Å². The molecule has 0 aromatic carbocycles. The van der Waals surface area contributed by atoms with Gasteiger partial charge in [-0.25, -0.2) is 0 Å². The molecule has 1 N–H and O–H groups in total. The van der Waals surface area contributed by atoms with Crippen molar-refractivity contribution in [3.63, 3.8) is 0 Å². The summed E-state index contributed by atoms with van der Waals surface area (Å²) in [5.41, 5.74) is 0.959. The van der Waals surface area contributed by atoms with E-state index in [4.69, 9.17) is 11.6 Å². The van der Waals surface area contributed by atoms with Crippen molar-refractivity contribution >= 4 is 44.8 Å². The van der Waals surface area contributed by atoms with E-state index in [0.29, 0.717) is 21.3 Å². The van der Waals surface area contributed by atoms with Crippen LogP contribution in [0.2, 0.25) is 5.02 Å². The van der Waals surface area contributed by atoms with Gasteiger partial charge in [0.25, 0.3) is 5.91 Å². The number of thiophene rings is 1. The van der Waals surface area contributed by atoms with E-state index in [1.54, 1.807) is 0 Å². The predicted molar refractivity (Wildman–Crippen MR) is 69.4 cm³/mol. The number of alkyl halides is 1. The van der Waals surface area contributed by atoms with Crippen molar-refractivity contribution in [2.45, 2.75) is 25.1 Å². The fourth-order valence-electron chi connectivity index (χ4n) is 1.05. The van der Waals surface area contributed by atoms with E-state index in [0.717, 1.165) is 12.0 Å². The molecular formula is C10H13BrClNOS. The summed E-state index contributed by atoms with van der Waals surface area (Å²) >= 11 is 10.8. The Bertz CT molecular complexity index is 351. The second kappa shape index (κ2) is 5.87. The first-order valence-corrected chi connectivity index (χ1v) is 6.85. The molecule has 0 saturated carbocycles. The van der Waals surface area contributed by atoms with Crippen LogP contribution in [0.4, 0.5) is 0 Å². The zero-order valence-corrected chi connectivity index (χ0v) is 11.8. The number of hydrogen-bond donors (Lipinski definition) is 1. The van der Waals surface area contributed by atoms with Crippen LogP contribution < -0.4 is 5.32 Å². The second-order valence-corrected chi connectivity index (χ2v) is 6.21. The van der Waals surface area contributed by atoms with Crippen LogP contribution in [0.3, 0.4) is 0 Å². The third-order valence-electron chi connectivity index (χ3n) is 1.93. The van der Waals surface area contributed by atoms with Gasteiger partial charge in [0.2, 0.25) is 0 Å². The van der Waals surface area contributed by atoms with Crippen molar-refractivity contribution < 1.29 is 4.79 Å². The minimum atomic E-state index is -0.0775. The number of carbonyl (C=O) groups is 1. The molecule has 0 spiro atoms. The molecule has 84 valence electrons. The second-order valence-electron chi connectivity index (χ2n) is 3.39. The van der Waals surface area contributed by atoms with Crippen LogP contribution in [-0.2, 0) is 0 Å². The van der Waals surface area contributed by atoms with Gasteiger partial charge in [0.05, 0.1) is 5.02 Å². The summed E-state index contributed by atoms with van der Waals surface area (Å²) < 4.78 is 0. The SMILES string of the molecule is Cc1csc(C(=O)NCCC(C)Br)c1Cl. The normalized spacial score (nSPS) is 12.5. The van der Waals surface area contributed by atoms with Crippen molar-refractivity contribution in [1.82, 2.24) is 5.32 Å². The highest BCUT2D eigenvalue weighted by Gasteiger charge is 2.13. The van der Waals surface area contributed by atoms with Crippen molar-refractivity contribution in [2.24, 2.45) is 0 Å². The van der Waals surface area contributed by atoms with Crippen molar-refractivity contribution in [1.29, 1.82) is 0 Å². The quantitative estimate of drug-likeness (QED) is 0.846. The Hall–Kier alpha value is -0.0600. The van der Waals surface area contributed by atoms with Crippen LogP contribution in [0.1, 0.15) is 28.6 Å². The van der Waals surface area contributed by atoms with Gasteiger partial charge in [0.15, 0.2) is 0 Å². The molecule has 1 atom stereocenters. The zero-order chi connectivity index (χ0) is 11.4. The Morgan fingerprint density at radius 3 is 2.87 bits per heavy atom. The molecule has 1 rings (SSSR count). The van der Waals surface area contributed by atoms with E-state index >= 15 is 0 Å². The monoisotopic (exact) mass is 309 g/mol. The van der Waals surface area contributed by atoms with Gasteiger partial charge in [0.1, 0.15) is 4.88 Å². The molecule has 5 heteroatoms. The van der Waals surface area contributed by atoms with Gasteiger partial charge in [-0.05, 0) is 24.3 Å². The fourth-order valence-corrected chi connectivity index (χ4v) is 2.47. The molecule has 0 aliphatic carbocycles. The first-order valence-electron chi connectivity index (χ1n) is 4.68. The molecule has 1 aromatic rings. The van der Waals surface area contributed by atoms with Crippen LogP contribution in [0, 0.1) is 6.92 Å². The molecular weight excluding hydrogens is 298 g/mol. The minimum absolute atomic E-state index is 0.0775. The lowest BCUT2D eigenvalue weighted by Crippen LogP contribution is -2.25. The third kappa shape index (κ3) is 3.78. The average molecular weight is 311 g/mol. The Kier molecular flexibility index (Phi) is 5.09. The summed E-state index contributed by atoms with van der Waals surface area (Å²) in [6.45, 7) is 4.61. The predicted octanol–water partition coefficient (Wildman–Crippen LogP) is 3.61. The van der Waals surface area contributed by atoms with E-state index < -0.39 is 0 Å². The highest BCUT2D eigenvalue weighted by molar-refractivity contribution is 9.09. The number of rotatable bonds is 4. The van der Waals surface area contributed by atoms with E-state index in [2.05, 4.69) is 28.2 Å². The number of carbonyl (C=O) groups excluding carboxylic acids is 1.